The standard InChI is InChI=1S/C19H22F3N5O/c20-19(21,22)15-8-7-13(11-23-15)18(28)26-9-4-5-14(12-26)17-25-24-16-6-2-1-3-10-27(16)17/h7-8,11,14H,1-6,9-10,12H2. The van der Waals surface area contributed by atoms with Gasteiger partial charge in [-0.25, -0.2) is 0 Å². The van der Waals surface area contributed by atoms with Gasteiger partial charge in [-0.05, 0) is 37.8 Å². The van der Waals surface area contributed by atoms with Crippen molar-refractivity contribution in [2.45, 2.75) is 57.2 Å². The summed E-state index contributed by atoms with van der Waals surface area (Å²) in [5.41, 5.74) is -0.819. The lowest BCUT2D eigenvalue weighted by atomic mass is 9.96. The summed E-state index contributed by atoms with van der Waals surface area (Å²) in [6, 6.07) is 2.05. The molecule has 2 aliphatic rings. The number of aromatic nitrogens is 4. The first-order chi connectivity index (χ1) is 13.4. The fraction of sp³-hybridized carbons (Fsp3) is 0.579. The van der Waals surface area contributed by atoms with Gasteiger partial charge in [-0.3, -0.25) is 9.78 Å². The number of hydrogen-bond donors (Lipinski definition) is 0. The highest BCUT2D eigenvalue weighted by Crippen LogP contribution is 2.30. The molecule has 28 heavy (non-hydrogen) atoms. The molecular weight excluding hydrogens is 371 g/mol. The minimum atomic E-state index is -4.51. The van der Waals surface area contributed by atoms with Gasteiger partial charge in [0.2, 0.25) is 0 Å². The van der Waals surface area contributed by atoms with Crippen molar-refractivity contribution < 1.29 is 18.0 Å². The molecule has 2 aromatic rings. The molecule has 6 nitrogen and oxygen atoms in total. The van der Waals surface area contributed by atoms with Crippen LogP contribution >= 0.6 is 0 Å². The SMILES string of the molecule is O=C(c1ccc(C(F)(F)F)nc1)N1CCCC(c2nnc3n2CCCCC3)C1. The zero-order valence-electron chi connectivity index (χ0n) is 15.5. The summed E-state index contributed by atoms with van der Waals surface area (Å²) in [4.78, 5) is 17.9. The molecule has 4 heterocycles. The Hall–Kier alpha value is -2.45. The van der Waals surface area contributed by atoms with Crippen LogP contribution in [0.2, 0.25) is 0 Å². The number of rotatable bonds is 2. The Balaban J connectivity index is 1.50. The molecular formula is C19H22F3N5O. The second-order valence-corrected chi connectivity index (χ2v) is 7.46. The highest BCUT2D eigenvalue weighted by Gasteiger charge is 2.33. The molecule has 1 saturated heterocycles. The first kappa shape index (κ1) is 18.9. The summed E-state index contributed by atoms with van der Waals surface area (Å²) in [7, 11) is 0. The van der Waals surface area contributed by atoms with E-state index in [1.165, 1.54) is 12.5 Å². The number of alkyl halides is 3. The van der Waals surface area contributed by atoms with Crippen LogP contribution in [-0.4, -0.2) is 43.6 Å². The van der Waals surface area contributed by atoms with Crippen LogP contribution in [0.4, 0.5) is 13.2 Å². The second kappa shape index (κ2) is 7.52. The molecule has 0 saturated carbocycles. The lowest BCUT2D eigenvalue weighted by molar-refractivity contribution is -0.141. The van der Waals surface area contributed by atoms with Gasteiger partial charge in [-0.15, -0.1) is 10.2 Å². The maximum Gasteiger partial charge on any atom is 0.433 e. The Labute approximate surface area is 160 Å². The molecule has 0 spiro atoms. The van der Waals surface area contributed by atoms with Crippen LogP contribution in [0.3, 0.4) is 0 Å². The summed E-state index contributed by atoms with van der Waals surface area (Å²) < 4.78 is 40.2. The van der Waals surface area contributed by atoms with Gasteiger partial charge < -0.3 is 9.47 Å². The largest absolute Gasteiger partial charge is 0.433 e. The molecule has 0 radical (unpaired) electrons. The molecule has 2 aliphatic heterocycles. The van der Waals surface area contributed by atoms with Crippen LogP contribution in [0.15, 0.2) is 18.3 Å². The Morgan fingerprint density at radius 2 is 1.93 bits per heavy atom. The molecule has 0 aliphatic carbocycles. The van der Waals surface area contributed by atoms with Gasteiger partial charge in [0.15, 0.2) is 0 Å². The molecule has 4 rings (SSSR count). The third-order valence-electron chi connectivity index (χ3n) is 5.51. The van der Waals surface area contributed by atoms with Gasteiger partial charge in [0.05, 0.1) is 5.56 Å². The lowest BCUT2D eigenvalue weighted by Gasteiger charge is -2.32. The van der Waals surface area contributed by atoms with Gasteiger partial charge >= 0.3 is 6.18 Å². The average Bonchev–Trinajstić information content (AvgIpc) is 2.95. The van der Waals surface area contributed by atoms with E-state index in [0.29, 0.717) is 13.1 Å². The number of likely N-dealkylation sites (tertiary alicyclic amines) is 1. The molecule has 9 heteroatoms. The number of hydrogen-bond acceptors (Lipinski definition) is 4. The van der Waals surface area contributed by atoms with Crippen LogP contribution in [-0.2, 0) is 19.1 Å². The van der Waals surface area contributed by atoms with Gasteiger partial charge in [0.1, 0.15) is 17.3 Å². The third kappa shape index (κ3) is 3.74. The van der Waals surface area contributed by atoms with Crippen molar-refractivity contribution in [1.82, 2.24) is 24.6 Å². The van der Waals surface area contributed by atoms with Crippen molar-refractivity contribution in [1.29, 1.82) is 0 Å². The third-order valence-corrected chi connectivity index (χ3v) is 5.51. The summed E-state index contributed by atoms with van der Waals surface area (Å²) >= 11 is 0. The molecule has 1 fully saturated rings. The minimum absolute atomic E-state index is 0.0967. The Kier molecular flexibility index (Phi) is 5.07. The van der Waals surface area contributed by atoms with E-state index in [-0.39, 0.29) is 17.4 Å². The highest BCUT2D eigenvalue weighted by atomic mass is 19.4. The van der Waals surface area contributed by atoms with Crippen molar-refractivity contribution in [3.8, 4) is 0 Å². The fourth-order valence-corrected chi connectivity index (χ4v) is 4.05. The molecule has 1 unspecified atom stereocenters. The van der Waals surface area contributed by atoms with Crippen molar-refractivity contribution in [2.24, 2.45) is 0 Å². The normalized spacial score (nSPS) is 20.5. The zero-order valence-corrected chi connectivity index (χ0v) is 15.5. The predicted molar refractivity (Wildman–Crippen MR) is 94.7 cm³/mol. The van der Waals surface area contributed by atoms with Gasteiger partial charge in [-0.2, -0.15) is 13.2 Å². The maximum absolute atomic E-state index is 12.8. The molecule has 0 bridgehead atoms. The number of aryl methyl sites for hydroxylation is 1. The van der Waals surface area contributed by atoms with Crippen molar-refractivity contribution in [3.05, 3.63) is 41.2 Å². The Bertz CT molecular complexity index is 846. The van der Waals surface area contributed by atoms with Gasteiger partial charge in [0, 0.05) is 38.2 Å². The highest BCUT2D eigenvalue weighted by molar-refractivity contribution is 5.94. The molecule has 0 N–H and O–H groups in total. The van der Waals surface area contributed by atoms with E-state index in [1.54, 1.807) is 4.90 Å². The number of halogens is 3. The van der Waals surface area contributed by atoms with Crippen LogP contribution in [0.1, 0.15) is 65.7 Å². The first-order valence-electron chi connectivity index (χ1n) is 9.68. The van der Waals surface area contributed by atoms with E-state index >= 15 is 0 Å². The topological polar surface area (TPSA) is 63.9 Å². The Morgan fingerprint density at radius 3 is 2.68 bits per heavy atom. The lowest BCUT2D eigenvalue weighted by Crippen LogP contribution is -2.40. The summed E-state index contributed by atoms with van der Waals surface area (Å²) in [6.45, 7) is 1.99. The number of nitrogens with zero attached hydrogens (tertiary/aromatic N) is 5. The predicted octanol–water partition coefficient (Wildman–Crippen LogP) is 3.44. The monoisotopic (exact) mass is 393 g/mol. The van der Waals surface area contributed by atoms with Crippen LogP contribution in [0.25, 0.3) is 0 Å². The number of piperidine rings is 1. The average molecular weight is 393 g/mol. The quantitative estimate of drug-likeness (QED) is 0.784. The first-order valence-corrected chi connectivity index (χ1v) is 9.68. The number of amides is 1. The molecule has 150 valence electrons. The van der Waals surface area contributed by atoms with Gasteiger partial charge in [0.25, 0.3) is 5.91 Å². The molecule has 1 amide bonds. The van der Waals surface area contributed by atoms with Crippen LogP contribution < -0.4 is 0 Å². The Morgan fingerprint density at radius 1 is 1.07 bits per heavy atom. The van der Waals surface area contributed by atoms with E-state index in [9.17, 15) is 18.0 Å². The minimum Gasteiger partial charge on any atom is -0.338 e. The molecule has 0 aromatic carbocycles. The number of fused-ring (bicyclic) bond motifs is 1. The smallest absolute Gasteiger partial charge is 0.338 e. The number of carbonyl (C=O) groups is 1. The van der Waals surface area contributed by atoms with E-state index in [1.807, 2.05) is 0 Å². The molecule has 2 aromatic heterocycles. The van der Waals surface area contributed by atoms with E-state index < -0.39 is 11.9 Å². The molecule has 1 atom stereocenters. The summed E-state index contributed by atoms with van der Waals surface area (Å²) in [5.74, 6) is 1.75. The second-order valence-electron chi connectivity index (χ2n) is 7.46. The summed E-state index contributed by atoms with van der Waals surface area (Å²) in [6.07, 6.45) is 2.58. The number of pyridine rings is 1. The van der Waals surface area contributed by atoms with Crippen LogP contribution in [0.5, 0.6) is 0 Å². The maximum atomic E-state index is 12.8. The zero-order chi connectivity index (χ0) is 19.7. The van der Waals surface area contributed by atoms with Crippen LogP contribution in [0, 0.1) is 0 Å². The van der Waals surface area contributed by atoms with Crippen molar-refractivity contribution in [3.63, 3.8) is 0 Å². The van der Waals surface area contributed by atoms with Crippen molar-refractivity contribution >= 4 is 5.91 Å². The van der Waals surface area contributed by atoms with Crippen molar-refractivity contribution in [2.75, 3.05) is 13.1 Å². The summed E-state index contributed by atoms with van der Waals surface area (Å²) in [5, 5.41) is 8.75. The van der Waals surface area contributed by atoms with E-state index in [4.69, 9.17) is 0 Å². The van der Waals surface area contributed by atoms with E-state index in [2.05, 4.69) is 19.7 Å². The van der Waals surface area contributed by atoms with Gasteiger partial charge in [-0.1, -0.05) is 6.42 Å². The van der Waals surface area contributed by atoms with E-state index in [0.717, 1.165) is 62.6 Å². The fourth-order valence-electron chi connectivity index (χ4n) is 4.05. The number of carbonyl (C=O) groups excluding carboxylic acids is 1.